The smallest absolute Gasteiger partial charge is 0.252 e. The van der Waals surface area contributed by atoms with Gasteiger partial charge in [-0.3, -0.25) is 14.4 Å². The zero-order valence-corrected chi connectivity index (χ0v) is 14.5. The average Bonchev–Trinajstić information content (AvgIpc) is 3.09. The minimum atomic E-state index is -0.434. The lowest BCUT2D eigenvalue weighted by Gasteiger charge is -2.16. The molecule has 1 heterocycles. The van der Waals surface area contributed by atoms with Gasteiger partial charge in [0.05, 0.1) is 12.0 Å². The first kappa shape index (κ1) is 18.1. The molecule has 1 unspecified atom stereocenters. The van der Waals surface area contributed by atoms with Crippen molar-refractivity contribution in [2.45, 2.75) is 6.42 Å². The van der Waals surface area contributed by atoms with Gasteiger partial charge >= 0.3 is 0 Å². The van der Waals surface area contributed by atoms with E-state index in [0.29, 0.717) is 17.8 Å². The summed E-state index contributed by atoms with van der Waals surface area (Å²) < 4.78 is 0. The Kier molecular flexibility index (Phi) is 5.47. The third-order valence-corrected chi connectivity index (χ3v) is 4.31. The Bertz CT molecular complexity index is 888. The number of nitriles is 1. The summed E-state index contributed by atoms with van der Waals surface area (Å²) in [6.45, 7) is 0.272. The first-order valence-electron chi connectivity index (χ1n) is 8.50. The molecule has 0 saturated carbocycles. The zero-order chi connectivity index (χ0) is 19.2. The van der Waals surface area contributed by atoms with E-state index in [2.05, 4.69) is 10.6 Å². The van der Waals surface area contributed by atoms with Crippen LogP contribution in [-0.2, 0) is 9.59 Å². The number of rotatable bonds is 5. The van der Waals surface area contributed by atoms with Crippen molar-refractivity contribution in [3.05, 3.63) is 60.2 Å². The SMILES string of the molecule is N#CCNC(=O)c1ccc(NC(=O)C2CC(=O)N(c3ccccc3)C2)cc1. The van der Waals surface area contributed by atoms with E-state index in [1.54, 1.807) is 29.2 Å². The maximum Gasteiger partial charge on any atom is 0.252 e. The molecule has 1 aliphatic rings. The lowest BCUT2D eigenvalue weighted by molar-refractivity contribution is -0.122. The maximum absolute atomic E-state index is 12.5. The summed E-state index contributed by atoms with van der Waals surface area (Å²) in [4.78, 5) is 38.1. The monoisotopic (exact) mass is 362 g/mol. The van der Waals surface area contributed by atoms with Crippen LogP contribution < -0.4 is 15.5 Å². The van der Waals surface area contributed by atoms with Crippen LogP contribution in [0.15, 0.2) is 54.6 Å². The van der Waals surface area contributed by atoms with Crippen molar-refractivity contribution in [1.29, 1.82) is 5.26 Å². The van der Waals surface area contributed by atoms with Gasteiger partial charge in [0, 0.05) is 29.9 Å². The van der Waals surface area contributed by atoms with Gasteiger partial charge in [-0.1, -0.05) is 18.2 Å². The molecule has 3 rings (SSSR count). The molecule has 1 fully saturated rings. The van der Waals surface area contributed by atoms with Crippen molar-refractivity contribution in [1.82, 2.24) is 5.32 Å². The Balaban J connectivity index is 1.60. The first-order chi connectivity index (χ1) is 13.1. The fourth-order valence-corrected chi connectivity index (χ4v) is 2.91. The first-order valence-corrected chi connectivity index (χ1v) is 8.50. The number of hydrogen-bond acceptors (Lipinski definition) is 4. The van der Waals surface area contributed by atoms with Gasteiger partial charge < -0.3 is 15.5 Å². The summed E-state index contributed by atoms with van der Waals surface area (Å²) in [5.74, 6) is -1.10. The minimum Gasteiger partial charge on any atom is -0.339 e. The largest absolute Gasteiger partial charge is 0.339 e. The number of nitrogens with zero attached hydrogens (tertiary/aromatic N) is 2. The predicted octanol–water partition coefficient (Wildman–Crippen LogP) is 1.93. The van der Waals surface area contributed by atoms with E-state index in [1.165, 1.54) is 0 Å². The molecule has 2 N–H and O–H groups in total. The number of amides is 3. The average molecular weight is 362 g/mol. The van der Waals surface area contributed by atoms with E-state index in [-0.39, 0.29) is 30.7 Å². The molecule has 0 spiro atoms. The van der Waals surface area contributed by atoms with Crippen molar-refractivity contribution in [2.24, 2.45) is 5.92 Å². The molecular formula is C20H18N4O3. The van der Waals surface area contributed by atoms with Crippen LogP contribution in [0.5, 0.6) is 0 Å². The Morgan fingerprint density at radius 1 is 1.11 bits per heavy atom. The summed E-state index contributed by atoms with van der Waals surface area (Å²) in [7, 11) is 0. The molecule has 1 atom stereocenters. The molecule has 7 nitrogen and oxygen atoms in total. The van der Waals surface area contributed by atoms with Crippen molar-refractivity contribution in [2.75, 3.05) is 23.3 Å². The number of carbonyl (C=O) groups excluding carboxylic acids is 3. The van der Waals surface area contributed by atoms with E-state index in [4.69, 9.17) is 5.26 Å². The summed E-state index contributed by atoms with van der Waals surface area (Å²) in [5, 5.41) is 13.7. The standard InChI is InChI=1S/C20H18N4O3/c21-10-11-22-19(26)14-6-8-16(9-7-14)23-20(27)15-12-18(25)24(13-15)17-4-2-1-3-5-17/h1-9,15H,11-13H2,(H,22,26)(H,23,27). The molecule has 3 amide bonds. The third kappa shape index (κ3) is 4.30. The highest BCUT2D eigenvalue weighted by atomic mass is 16.2. The number of anilines is 2. The van der Waals surface area contributed by atoms with Crippen molar-refractivity contribution >= 4 is 29.1 Å². The van der Waals surface area contributed by atoms with Crippen LogP contribution in [0.25, 0.3) is 0 Å². The number of para-hydroxylation sites is 1. The van der Waals surface area contributed by atoms with Gasteiger partial charge in [-0.25, -0.2) is 0 Å². The summed E-state index contributed by atoms with van der Waals surface area (Å²) in [6.07, 6.45) is 0.162. The lowest BCUT2D eigenvalue weighted by atomic mass is 10.1. The highest BCUT2D eigenvalue weighted by molar-refractivity contribution is 6.03. The highest BCUT2D eigenvalue weighted by Crippen LogP contribution is 2.25. The Labute approximate surface area is 156 Å². The predicted molar refractivity (Wildman–Crippen MR) is 99.9 cm³/mol. The summed E-state index contributed by atoms with van der Waals surface area (Å²) in [6, 6.07) is 17.5. The second kappa shape index (κ2) is 8.15. The Morgan fingerprint density at radius 2 is 1.81 bits per heavy atom. The van der Waals surface area contributed by atoms with Crippen molar-refractivity contribution in [3.8, 4) is 6.07 Å². The quantitative estimate of drug-likeness (QED) is 0.793. The van der Waals surface area contributed by atoms with Crippen LogP contribution in [0.2, 0.25) is 0 Å². The molecule has 27 heavy (non-hydrogen) atoms. The molecule has 7 heteroatoms. The van der Waals surface area contributed by atoms with Crippen LogP contribution in [0, 0.1) is 17.2 Å². The topological polar surface area (TPSA) is 102 Å². The van der Waals surface area contributed by atoms with E-state index >= 15 is 0 Å². The van der Waals surface area contributed by atoms with Gasteiger partial charge in [-0.15, -0.1) is 0 Å². The van der Waals surface area contributed by atoms with Gasteiger partial charge in [0.25, 0.3) is 5.91 Å². The van der Waals surface area contributed by atoms with Crippen LogP contribution in [0.1, 0.15) is 16.8 Å². The minimum absolute atomic E-state index is 0.0645. The molecule has 1 aliphatic heterocycles. The van der Waals surface area contributed by atoms with Gasteiger partial charge in [-0.2, -0.15) is 5.26 Å². The van der Waals surface area contributed by atoms with Gasteiger partial charge in [-0.05, 0) is 36.4 Å². The summed E-state index contributed by atoms with van der Waals surface area (Å²) in [5.41, 5.74) is 1.72. The zero-order valence-electron chi connectivity index (χ0n) is 14.5. The van der Waals surface area contributed by atoms with E-state index in [9.17, 15) is 14.4 Å². The number of benzene rings is 2. The van der Waals surface area contributed by atoms with Crippen LogP contribution in [-0.4, -0.2) is 30.8 Å². The fourth-order valence-electron chi connectivity index (χ4n) is 2.91. The summed E-state index contributed by atoms with van der Waals surface area (Å²) >= 11 is 0. The number of carbonyl (C=O) groups is 3. The Morgan fingerprint density at radius 3 is 2.48 bits per heavy atom. The van der Waals surface area contributed by atoms with Crippen LogP contribution in [0.4, 0.5) is 11.4 Å². The molecule has 0 aromatic heterocycles. The van der Waals surface area contributed by atoms with Gasteiger partial charge in [0.1, 0.15) is 6.54 Å². The van der Waals surface area contributed by atoms with Crippen LogP contribution >= 0.6 is 0 Å². The molecule has 0 aliphatic carbocycles. The molecule has 2 aromatic rings. The molecule has 136 valence electrons. The van der Waals surface area contributed by atoms with E-state index in [0.717, 1.165) is 5.69 Å². The highest BCUT2D eigenvalue weighted by Gasteiger charge is 2.35. The molecule has 2 aromatic carbocycles. The number of nitrogens with one attached hydrogen (secondary N) is 2. The van der Waals surface area contributed by atoms with Crippen molar-refractivity contribution < 1.29 is 14.4 Å². The van der Waals surface area contributed by atoms with Gasteiger partial charge in [0.2, 0.25) is 11.8 Å². The molecule has 0 bridgehead atoms. The number of hydrogen-bond donors (Lipinski definition) is 2. The lowest BCUT2D eigenvalue weighted by Crippen LogP contribution is -2.28. The second-order valence-corrected chi connectivity index (χ2v) is 6.15. The van der Waals surface area contributed by atoms with E-state index in [1.807, 2.05) is 36.4 Å². The molecule has 1 saturated heterocycles. The van der Waals surface area contributed by atoms with Gasteiger partial charge in [0.15, 0.2) is 0 Å². The second-order valence-electron chi connectivity index (χ2n) is 6.15. The van der Waals surface area contributed by atoms with Crippen molar-refractivity contribution in [3.63, 3.8) is 0 Å². The normalized spacial score (nSPS) is 15.9. The molecular weight excluding hydrogens is 344 g/mol. The fraction of sp³-hybridized carbons (Fsp3) is 0.200. The Hall–Kier alpha value is -3.66. The van der Waals surface area contributed by atoms with Crippen LogP contribution in [0.3, 0.4) is 0 Å². The maximum atomic E-state index is 12.5. The molecule has 0 radical (unpaired) electrons. The van der Waals surface area contributed by atoms with E-state index < -0.39 is 5.92 Å². The third-order valence-electron chi connectivity index (χ3n) is 4.31.